The molecule has 1 aromatic heterocycles. The smallest absolute Gasteiger partial charge is 0.227 e. The number of aromatic nitrogens is 1. The summed E-state index contributed by atoms with van der Waals surface area (Å²) >= 11 is 5.98. The van der Waals surface area contributed by atoms with Crippen LogP contribution in [0.4, 0.5) is 0 Å². The van der Waals surface area contributed by atoms with Crippen LogP contribution in [-0.4, -0.2) is 12.1 Å². The molecular formula is C17H16ClNO2. The summed E-state index contributed by atoms with van der Waals surface area (Å²) in [5, 5.41) is 0.648. The zero-order chi connectivity index (χ0) is 15.0. The van der Waals surface area contributed by atoms with Crippen molar-refractivity contribution in [1.82, 2.24) is 4.98 Å². The molecule has 3 aromatic rings. The molecule has 0 bridgehead atoms. The highest BCUT2D eigenvalue weighted by atomic mass is 35.5. The van der Waals surface area contributed by atoms with Gasteiger partial charge in [0.1, 0.15) is 11.3 Å². The Bertz CT molecular complexity index is 793. The Labute approximate surface area is 128 Å². The van der Waals surface area contributed by atoms with E-state index in [1.165, 1.54) is 5.56 Å². The van der Waals surface area contributed by atoms with Gasteiger partial charge in [0.2, 0.25) is 5.89 Å². The van der Waals surface area contributed by atoms with Gasteiger partial charge in [-0.15, -0.1) is 0 Å². The average molecular weight is 302 g/mol. The van der Waals surface area contributed by atoms with Crippen LogP contribution in [0, 0.1) is 0 Å². The van der Waals surface area contributed by atoms with Crippen molar-refractivity contribution in [2.45, 2.75) is 19.8 Å². The molecule has 0 saturated carbocycles. The molecule has 21 heavy (non-hydrogen) atoms. The minimum absolute atomic E-state index is 0.399. The summed E-state index contributed by atoms with van der Waals surface area (Å²) in [6.45, 7) is 4.28. The van der Waals surface area contributed by atoms with Crippen LogP contribution in [-0.2, 0) is 0 Å². The predicted octanol–water partition coefficient (Wildman–Crippen LogP) is 5.28. The van der Waals surface area contributed by atoms with Crippen molar-refractivity contribution in [1.29, 1.82) is 0 Å². The second kappa shape index (κ2) is 5.41. The molecule has 1 heterocycles. The molecular weight excluding hydrogens is 286 g/mol. The lowest BCUT2D eigenvalue weighted by Gasteiger charge is -2.12. The Balaban J connectivity index is 2.09. The van der Waals surface area contributed by atoms with Gasteiger partial charge in [0.25, 0.3) is 0 Å². The first-order chi connectivity index (χ1) is 10.1. The van der Waals surface area contributed by atoms with Crippen LogP contribution >= 0.6 is 11.6 Å². The maximum absolute atomic E-state index is 5.98. The zero-order valence-electron chi connectivity index (χ0n) is 12.2. The highest BCUT2D eigenvalue weighted by molar-refractivity contribution is 6.31. The molecule has 0 amide bonds. The molecule has 0 aliphatic carbocycles. The van der Waals surface area contributed by atoms with E-state index in [0.717, 1.165) is 22.4 Å². The van der Waals surface area contributed by atoms with E-state index in [4.69, 9.17) is 20.8 Å². The Morgan fingerprint density at radius 2 is 1.95 bits per heavy atom. The van der Waals surface area contributed by atoms with E-state index < -0.39 is 0 Å². The molecule has 3 nitrogen and oxygen atoms in total. The SMILES string of the molecule is COc1cc(-c2nc3cc(Cl)ccc3o2)ccc1C(C)C. The molecule has 0 fully saturated rings. The molecule has 108 valence electrons. The number of oxazole rings is 1. The van der Waals surface area contributed by atoms with Crippen molar-refractivity contribution in [2.24, 2.45) is 0 Å². The lowest BCUT2D eigenvalue weighted by molar-refractivity contribution is 0.407. The van der Waals surface area contributed by atoms with Crippen molar-refractivity contribution >= 4 is 22.7 Å². The maximum Gasteiger partial charge on any atom is 0.227 e. The number of halogens is 1. The van der Waals surface area contributed by atoms with E-state index in [9.17, 15) is 0 Å². The standard InChI is InChI=1S/C17H16ClNO2/c1-10(2)13-6-4-11(8-16(13)20-3)17-19-14-9-12(18)5-7-15(14)21-17/h4-10H,1-3H3. The summed E-state index contributed by atoms with van der Waals surface area (Å²) in [6.07, 6.45) is 0. The number of rotatable bonds is 3. The Kier molecular flexibility index (Phi) is 3.60. The van der Waals surface area contributed by atoms with E-state index in [0.29, 0.717) is 16.8 Å². The summed E-state index contributed by atoms with van der Waals surface area (Å²) in [5.41, 5.74) is 3.54. The fourth-order valence-electron chi connectivity index (χ4n) is 2.35. The van der Waals surface area contributed by atoms with Crippen molar-refractivity contribution in [3.05, 3.63) is 47.0 Å². The second-order valence-corrected chi connectivity index (χ2v) is 5.68. The molecule has 0 spiro atoms. The van der Waals surface area contributed by atoms with Gasteiger partial charge in [-0.05, 0) is 41.8 Å². The van der Waals surface area contributed by atoms with Crippen LogP contribution in [0.25, 0.3) is 22.6 Å². The quantitative estimate of drug-likeness (QED) is 0.660. The number of benzene rings is 2. The third-order valence-electron chi connectivity index (χ3n) is 3.45. The van der Waals surface area contributed by atoms with Gasteiger partial charge in [-0.2, -0.15) is 0 Å². The number of hydrogen-bond donors (Lipinski definition) is 0. The van der Waals surface area contributed by atoms with Crippen molar-refractivity contribution in [3.63, 3.8) is 0 Å². The molecule has 0 saturated heterocycles. The van der Waals surface area contributed by atoms with Crippen LogP contribution in [0.5, 0.6) is 5.75 Å². The van der Waals surface area contributed by atoms with Crippen LogP contribution < -0.4 is 4.74 Å². The highest BCUT2D eigenvalue weighted by Gasteiger charge is 2.13. The first-order valence-electron chi connectivity index (χ1n) is 6.83. The molecule has 0 radical (unpaired) electrons. The topological polar surface area (TPSA) is 35.3 Å². The van der Waals surface area contributed by atoms with Gasteiger partial charge >= 0.3 is 0 Å². The largest absolute Gasteiger partial charge is 0.496 e. The van der Waals surface area contributed by atoms with Crippen LogP contribution in [0.3, 0.4) is 0 Å². The Hall–Kier alpha value is -2.00. The van der Waals surface area contributed by atoms with Crippen LogP contribution in [0.1, 0.15) is 25.3 Å². The Morgan fingerprint density at radius 1 is 1.14 bits per heavy atom. The fourth-order valence-corrected chi connectivity index (χ4v) is 2.51. The summed E-state index contributed by atoms with van der Waals surface area (Å²) in [6, 6.07) is 11.4. The maximum atomic E-state index is 5.98. The first-order valence-corrected chi connectivity index (χ1v) is 7.20. The minimum atomic E-state index is 0.399. The van der Waals surface area contributed by atoms with Gasteiger partial charge < -0.3 is 9.15 Å². The van der Waals surface area contributed by atoms with E-state index in [1.807, 2.05) is 18.2 Å². The normalized spacial score (nSPS) is 11.3. The third-order valence-corrected chi connectivity index (χ3v) is 3.69. The summed E-state index contributed by atoms with van der Waals surface area (Å²) in [4.78, 5) is 4.49. The van der Waals surface area contributed by atoms with Gasteiger partial charge in [0, 0.05) is 10.6 Å². The van der Waals surface area contributed by atoms with E-state index >= 15 is 0 Å². The monoisotopic (exact) mass is 301 g/mol. The van der Waals surface area contributed by atoms with Gasteiger partial charge in [-0.1, -0.05) is 31.5 Å². The van der Waals surface area contributed by atoms with E-state index in [2.05, 4.69) is 24.9 Å². The lowest BCUT2D eigenvalue weighted by Crippen LogP contribution is -1.94. The molecule has 0 aliphatic rings. The number of nitrogens with zero attached hydrogens (tertiary/aromatic N) is 1. The highest BCUT2D eigenvalue weighted by Crippen LogP contribution is 2.32. The molecule has 0 N–H and O–H groups in total. The molecule has 2 aromatic carbocycles. The van der Waals surface area contributed by atoms with Crippen molar-refractivity contribution < 1.29 is 9.15 Å². The number of ether oxygens (including phenoxy) is 1. The predicted molar refractivity (Wildman–Crippen MR) is 85.1 cm³/mol. The minimum Gasteiger partial charge on any atom is -0.496 e. The fraction of sp³-hybridized carbons (Fsp3) is 0.235. The second-order valence-electron chi connectivity index (χ2n) is 5.24. The van der Waals surface area contributed by atoms with Gasteiger partial charge in [0.05, 0.1) is 7.11 Å². The van der Waals surface area contributed by atoms with Crippen LogP contribution in [0.15, 0.2) is 40.8 Å². The van der Waals surface area contributed by atoms with E-state index in [-0.39, 0.29) is 0 Å². The molecule has 3 rings (SSSR count). The molecule has 0 aliphatic heterocycles. The number of hydrogen-bond acceptors (Lipinski definition) is 3. The summed E-state index contributed by atoms with van der Waals surface area (Å²) in [7, 11) is 1.68. The molecule has 4 heteroatoms. The van der Waals surface area contributed by atoms with Gasteiger partial charge in [0.15, 0.2) is 5.58 Å². The Morgan fingerprint density at radius 3 is 2.67 bits per heavy atom. The lowest BCUT2D eigenvalue weighted by atomic mass is 10.0. The van der Waals surface area contributed by atoms with Gasteiger partial charge in [-0.25, -0.2) is 4.98 Å². The zero-order valence-corrected chi connectivity index (χ0v) is 12.9. The molecule has 0 atom stereocenters. The number of fused-ring (bicyclic) bond motifs is 1. The third kappa shape index (κ3) is 2.61. The van der Waals surface area contributed by atoms with E-state index in [1.54, 1.807) is 19.2 Å². The summed E-state index contributed by atoms with van der Waals surface area (Å²) < 4.78 is 11.3. The first kappa shape index (κ1) is 14.0. The van der Waals surface area contributed by atoms with Crippen LogP contribution in [0.2, 0.25) is 5.02 Å². The van der Waals surface area contributed by atoms with Gasteiger partial charge in [-0.3, -0.25) is 0 Å². The number of methoxy groups -OCH3 is 1. The summed E-state index contributed by atoms with van der Waals surface area (Å²) in [5.74, 6) is 1.82. The van der Waals surface area contributed by atoms with Crippen molar-refractivity contribution in [3.8, 4) is 17.2 Å². The average Bonchev–Trinajstić information content (AvgIpc) is 2.89. The van der Waals surface area contributed by atoms with Crippen molar-refractivity contribution in [2.75, 3.05) is 7.11 Å². The molecule has 0 unspecified atom stereocenters.